The molecule has 0 heterocycles. The third kappa shape index (κ3) is 4.86. The molecule has 0 atom stereocenters. The maximum Gasteiger partial charge on any atom is 0.273 e. The van der Waals surface area contributed by atoms with Gasteiger partial charge in [-0.05, 0) is 31.5 Å². The van der Waals surface area contributed by atoms with Crippen LogP contribution >= 0.6 is 15.9 Å². The molecule has 0 spiro atoms. The van der Waals surface area contributed by atoms with E-state index in [2.05, 4.69) is 27.2 Å². The van der Waals surface area contributed by atoms with Crippen molar-refractivity contribution in [2.75, 3.05) is 6.54 Å². The van der Waals surface area contributed by atoms with Crippen LogP contribution in [0.25, 0.3) is 0 Å². The minimum atomic E-state index is -0.359. The van der Waals surface area contributed by atoms with Gasteiger partial charge in [-0.25, -0.2) is 0 Å². The van der Waals surface area contributed by atoms with Gasteiger partial charge in [0.2, 0.25) is 0 Å². The van der Waals surface area contributed by atoms with E-state index in [0.717, 1.165) is 30.3 Å². The highest BCUT2D eigenvalue weighted by Gasteiger charge is 2.12. The Labute approximate surface area is 115 Å². The Balaban J connectivity index is 2.48. The molecule has 5 heteroatoms. The van der Waals surface area contributed by atoms with Crippen molar-refractivity contribution in [1.29, 1.82) is 0 Å². The summed E-state index contributed by atoms with van der Waals surface area (Å²) in [5, 5.41) is 14.0. The van der Waals surface area contributed by atoms with Gasteiger partial charge in [0.15, 0.2) is 0 Å². The van der Waals surface area contributed by atoms with E-state index in [1.165, 1.54) is 6.07 Å². The van der Waals surface area contributed by atoms with E-state index in [-0.39, 0.29) is 10.6 Å². The van der Waals surface area contributed by atoms with Crippen molar-refractivity contribution in [2.24, 2.45) is 0 Å². The average Bonchev–Trinajstić information content (AvgIpc) is 2.33. The summed E-state index contributed by atoms with van der Waals surface area (Å²) in [6, 6.07) is 4.96. The highest BCUT2D eigenvalue weighted by Crippen LogP contribution is 2.22. The Bertz CT molecular complexity index is 455. The van der Waals surface area contributed by atoms with Gasteiger partial charge in [-0.1, -0.05) is 15.9 Å². The lowest BCUT2D eigenvalue weighted by Gasteiger charge is -2.05. The van der Waals surface area contributed by atoms with E-state index in [1.54, 1.807) is 12.1 Å². The molecule has 0 amide bonds. The number of nitrogens with one attached hydrogen (secondary N) is 1. The van der Waals surface area contributed by atoms with Gasteiger partial charge in [-0.3, -0.25) is 10.1 Å². The van der Waals surface area contributed by atoms with Gasteiger partial charge in [-0.15, -0.1) is 12.3 Å². The molecule has 0 bridgehead atoms. The number of hydrogen-bond acceptors (Lipinski definition) is 3. The Morgan fingerprint density at radius 3 is 2.89 bits per heavy atom. The third-order valence-electron chi connectivity index (χ3n) is 2.48. The number of halogens is 1. The van der Waals surface area contributed by atoms with Gasteiger partial charge < -0.3 is 5.32 Å². The van der Waals surface area contributed by atoms with E-state index < -0.39 is 0 Å². The molecule has 1 rings (SSSR count). The van der Waals surface area contributed by atoms with Crippen molar-refractivity contribution < 1.29 is 4.92 Å². The molecule has 1 aromatic carbocycles. The second kappa shape index (κ2) is 7.85. The Kier molecular flexibility index (Phi) is 6.40. The van der Waals surface area contributed by atoms with Crippen molar-refractivity contribution in [2.45, 2.75) is 25.8 Å². The lowest BCUT2D eigenvalue weighted by atomic mass is 10.1. The fraction of sp³-hybridized carbons (Fsp3) is 0.385. The van der Waals surface area contributed by atoms with Crippen molar-refractivity contribution in [1.82, 2.24) is 5.32 Å². The molecule has 0 aliphatic carbocycles. The second-order valence-corrected chi connectivity index (χ2v) is 4.78. The van der Waals surface area contributed by atoms with Gasteiger partial charge in [0.1, 0.15) is 0 Å². The molecule has 0 unspecified atom stereocenters. The molecule has 18 heavy (non-hydrogen) atoms. The minimum absolute atomic E-state index is 0.148. The van der Waals surface area contributed by atoms with Gasteiger partial charge in [0.05, 0.1) is 4.92 Å². The molecule has 0 aliphatic rings. The number of terminal acetylenes is 1. The molecule has 0 saturated heterocycles. The van der Waals surface area contributed by atoms with E-state index >= 15 is 0 Å². The van der Waals surface area contributed by atoms with Gasteiger partial charge in [0, 0.05) is 29.1 Å². The molecular formula is C13H15BrN2O2. The lowest BCUT2D eigenvalue weighted by Crippen LogP contribution is -2.15. The summed E-state index contributed by atoms with van der Waals surface area (Å²) in [7, 11) is 0. The second-order valence-electron chi connectivity index (χ2n) is 3.87. The number of rotatable bonds is 7. The Hall–Kier alpha value is -1.38. The molecule has 1 N–H and O–H groups in total. The monoisotopic (exact) mass is 310 g/mol. The van der Waals surface area contributed by atoms with Gasteiger partial charge >= 0.3 is 0 Å². The maximum atomic E-state index is 10.8. The molecule has 96 valence electrons. The number of unbranched alkanes of at least 4 members (excludes halogenated alkanes) is 2. The summed E-state index contributed by atoms with van der Waals surface area (Å²) in [5.41, 5.74) is 0.834. The first-order valence-electron chi connectivity index (χ1n) is 5.72. The molecule has 1 aromatic rings. The molecule has 0 saturated carbocycles. The van der Waals surface area contributed by atoms with Crippen LogP contribution in [-0.4, -0.2) is 11.5 Å². The molecule has 0 fully saturated rings. The first kappa shape index (κ1) is 14.7. The summed E-state index contributed by atoms with van der Waals surface area (Å²) in [6.45, 7) is 1.30. The lowest BCUT2D eigenvalue weighted by molar-refractivity contribution is -0.385. The number of nitro groups is 1. The van der Waals surface area contributed by atoms with E-state index in [4.69, 9.17) is 6.42 Å². The van der Waals surface area contributed by atoms with Crippen molar-refractivity contribution in [3.63, 3.8) is 0 Å². The van der Waals surface area contributed by atoms with Gasteiger partial charge in [-0.2, -0.15) is 0 Å². The zero-order chi connectivity index (χ0) is 13.4. The zero-order valence-electron chi connectivity index (χ0n) is 9.99. The third-order valence-corrected chi connectivity index (χ3v) is 2.97. The smallest absolute Gasteiger partial charge is 0.273 e. The summed E-state index contributed by atoms with van der Waals surface area (Å²) in [5.74, 6) is 2.58. The van der Waals surface area contributed by atoms with Gasteiger partial charge in [0.25, 0.3) is 5.69 Å². The van der Waals surface area contributed by atoms with E-state index in [1.807, 2.05) is 0 Å². The van der Waals surface area contributed by atoms with Crippen LogP contribution in [0.1, 0.15) is 24.8 Å². The first-order valence-corrected chi connectivity index (χ1v) is 6.51. The Morgan fingerprint density at radius 2 is 2.22 bits per heavy atom. The van der Waals surface area contributed by atoms with Crippen LogP contribution in [0.15, 0.2) is 22.7 Å². The predicted molar refractivity (Wildman–Crippen MR) is 75.2 cm³/mol. The normalized spacial score (nSPS) is 10.0. The number of hydrogen-bond donors (Lipinski definition) is 1. The first-order chi connectivity index (χ1) is 8.65. The van der Waals surface area contributed by atoms with Crippen LogP contribution in [0.2, 0.25) is 0 Å². The molecule has 0 aromatic heterocycles. The Morgan fingerprint density at radius 1 is 1.44 bits per heavy atom. The quantitative estimate of drug-likeness (QED) is 0.364. The maximum absolute atomic E-state index is 10.8. The van der Waals surface area contributed by atoms with Crippen molar-refractivity contribution >= 4 is 21.6 Å². The standard InChI is InChI=1S/C13H15BrN2O2/c1-2-3-4-5-8-15-10-11-9-12(14)6-7-13(11)16(17)18/h1,6-7,9,15H,3-5,8,10H2. The largest absolute Gasteiger partial charge is 0.312 e. The molecule has 0 radical (unpaired) electrons. The predicted octanol–water partition coefficient (Wildman–Crippen LogP) is 3.25. The number of benzene rings is 1. The van der Waals surface area contributed by atoms with Crippen molar-refractivity contribution in [3.05, 3.63) is 38.3 Å². The summed E-state index contributed by atoms with van der Waals surface area (Å²) < 4.78 is 0.845. The van der Waals surface area contributed by atoms with Crippen LogP contribution in [-0.2, 0) is 6.54 Å². The highest BCUT2D eigenvalue weighted by molar-refractivity contribution is 9.10. The molecular weight excluding hydrogens is 296 g/mol. The number of nitrogens with zero attached hydrogens (tertiary/aromatic N) is 1. The fourth-order valence-electron chi connectivity index (χ4n) is 1.57. The molecule has 0 aliphatic heterocycles. The number of nitro benzene ring substituents is 1. The SMILES string of the molecule is C#CCCCCNCc1cc(Br)ccc1[N+](=O)[O-]. The van der Waals surface area contributed by atoms with Crippen LogP contribution in [0.5, 0.6) is 0 Å². The van der Waals surface area contributed by atoms with Crippen LogP contribution < -0.4 is 5.32 Å². The van der Waals surface area contributed by atoms with E-state index in [9.17, 15) is 10.1 Å². The summed E-state index contributed by atoms with van der Waals surface area (Å²) in [4.78, 5) is 10.5. The zero-order valence-corrected chi connectivity index (χ0v) is 11.6. The van der Waals surface area contributed by atoms with Crippen LogP contribution in [0.4, 0.5) is 5.69 Å². The minimum Gasteiger partial charge on any atom is -0.312 e. The van der Waals surface area contributed by atoms with Crippen LogP contribution in [0, 0.1) is 22.5 Å². The van der Waals surface area contributed by atoms with E-state index in [0.29, 0.717) is 12.1 Å². The molecule has 4 nitrogen and oxygen atoms in total. The summed E-state index contributed by atoms with van der Waals surface area (Å²) >= 11 is 3.32. The average molecular weight is 311 g/mol. The highest BCUT2D eigenvalue weighted by atomic mass is 79.9. The fourth-order valence-corrected chi connectivity index (χ4v) is 1.98. The van der Waals surface area contributed by atoms with Crippen molar-refractivity contribution in [3.8, 4) is 12.3 Å². The topological polar surface area (TPSA) is 55.2 Å². The summed E-state index contributed by atoms with van der Waals surface area (Å²) in [6.07, 6.45) is 7.88. The van der Waals surface area contributed by atoms with Crippen LogP contribution in [0.3, 0.4) is 0 Å².